The predicted molar refractivity (Wildman–Crippen MR) is 135 cm³/mol. The number of hydrogen-bond acceptors (Lipinski definition) is 6. The van der Waals surface area contributed by atoms with Crippen LogP contribution in [-0.4, -0.2) is 49.3 Å². The Kier molecular flexibility index (Phi) is 6.34. The zero-order valence-electron chi connectivity index (χ0n) is 19.4. The van der Waals surface area contributed by atoms with Crippen molar-refractivity contribution in [2.75, 3.05) is 32.8 Å². The average Bonchev–Trinajstić information content (AvgIpc) is 3.14. The fourth-order valence-corrected chi connectivity index (χ4v) is 5.17. The highest BCUT2D eigenvalue weighted by Crippen LogP contribution is 2.40. The van der Waals surface area contributed by atoms with Crippen molar-refractivity contribution in [3.63, 3.8) is 0 Å². The molecule has 7 nitrogen and oxygen atoms in total. The highest BCUT2D eigenvalue weighted by Gasteiger charge is 2.25. The number of aromatic nitrogens is 1. The van der Waals surface area contributed by atoms with Gasteiger partial charge in [0, 0.05) is 66.9 Å². The Labute approximate surface area is 198 Å². The van der Waals surface area contributed by atoms with Crippen LogP contribution in [0.5, 0.6) is 5.75 Å². The van der Waals surface area contributed by atoms with Gasteiger partial charge in [0.25, 0.3) is 5.91 Å². The maximum atomic E-state index is 12.8. The van der Waals surface area contributed by atoms with Gasteiger partial charge in [-0.05, 0) is 61.7 Å². The van der Waals surface area contributed by atoms with E-state index in [9.17, 15) is 4.79 Å². The molecular formula is C25H31N5O2S. The van der Waals surface area contributed by atoms with Gasteiger partial charge in [-0.2, -0.15) is 0 Å². The number of ether oxygens (including phenoxy) is 1. The Morgan fingerprint density at radius 1 is 1.03 bits per heavy atom. The summed E-state index contributed by atoms with van der Waals surface area (Å²) in [5.41, 5.74) is 7.78. The maximum Gasteiger partial charge on any atom is 0.262 e. The van der Waals surface area contributed by atoms with Crippen LogP contribution in [0.1, 0.15) is 27.0 Å². The molecule has 3 heterocycles. The van der Waals surface area contributed by atoms with Gasteiger partial charge in [-0.3, -0.25) is 9.52 Å². The molecule has 1 atom stereocenters. The minimum atomic E-state index is -0.100. The second kappa shape index (κ2) is 9.38. The van der Waals surface area contributed by atoms with Crippen molar-refractivity contribution in [2.24, 2.45) is 0 Å². The van der Waals surface area contributed by atoms with E-state index in [-0.39, 0.29) is 11.9 Å². The lowest BCUT2D eigenvalue weighted by atomic mass is 9.95. The monoisotopic (exact) mass is 465 g/mol. The highest BCUT2D eigenvalue weighted by molar-refractivity contribution is 7.96. The molecule has 0 fully saturated rings. The largest absolute Gasteiger partial charge is 0.491 e. The van der Waals surface area contributed by atoms with Crippen LogP contribution in [-0.2, 0) is 6.54 Å². The number of aryl methyl sites for hydroxylation is 1. The minimum absolute atomic E-state index is 0.100. The molecule has 2 aliphatic heterocycles. The first-order valence-electron chi connectivity index (χ1n) is 11.5. The van der Waals surface area contributed by atoms with E-state index in [0.717, 1.165) is 60.6 Å². The molecule has 1 amide bonds. The zero-order valence-corrected chi connectivity index (χ0v) is 20.2. The molecule has 0 aliphatic carbocycles. The smallest absolute Gasteiger partial charge is 0.262 e. The van der Waals surface area contributed by atoms with Gasteiger partial charge in [0.2, 0.25) is 0 Å². The van der Waals surface area contributed by atoms with E-state index in [0.29, 0.717) is 12.2 Å². The number of amides is 1. The average molecular weight is 466 g/mol. The van der Waals surface area contributed by atoms with Gasteiger partial charge in [-0.15, -0.1) is 0 Å². The van der Waals surface area contributed by atoms with Crippen LogP contribution in [0.25, 0.3) is 22.2 Å². The molecule has 0 saturated carbocycles. The summed E-state index contributed by atoms with van der Waals surface area (Å²) < 4.78 is 14.8. The van der Waals surface area contributed by atoms with Crippen molar-refractivity contribution in [3.8, 4) is 17.0 Å². The molecule has 8 heteroatoms. The molecular weight excluding hydrogens is 434 g/mol. The van der Waals surface area contributed by atoms with Crippen LogP contribution < -0.4 is 24.8 Å². The van der Waals surface area contributed by atoms with Gasteiger partial charge in [-0.1, -0.05) is 6.07 Å². The molecule has 2 aliphatic rings. The van der Waals surface area contributed by atoms with E-state index in [1.807, 2.05) is 18.2 Å². The first-order chi connectivity index (χ1) is 16.0. The number of rotatable bonds is 0. The SMILES string of the molecule is Cc1cc2c(c(C)c1C)-c1cc3ccc4cc3n1CC(CO2)NCCNCCNSNC4=O. The van der Waals surface area contributed by atoms with Crippen LogP contribution in [0, 0.1) is 20.8 Å². The van der Waals surface area contributed by atoms with E-state index < -0.39 is 0 Å². The standard InChI is InChI=1S/C25H31N5O2S/c1-15-10-23-24(17(3)16(15)2)22-11-18-4-5-19-12-21(18)30(22)13-20(14-32-23)27-8-6-26-7-9-28-33-29-25(19)31/h4-5,10-12,20,26-28H,6-9,13-14H2,1-3H3,(H,29,31). The number of hydrogen-bond donors (Lipinski definition) is 4. The van der Waals surface area contributed by atoms with Crippen molar-refractivity contribution in [3.05, 3.63) is 52.6 Å². The number of carbonyl (C=O) groups is 1. The molecule has 33 heavy (non-hydrogen) atoms. The normalized spacial score (nSPS) is 19.6. The van der Waals surface area contributed by atoms with Crippen LogP contribution in [0.2, 0.25) is 0 Å². The van der Waals surface area contributed by atoms with Crippen molar-refractivity contribution >= 4 is 28.9 Å². The van der Waals surface area contributed by atoms with E-state index in [4.69, 9.17) is 4.74 Å². The minimum Gasteiger partial charge on any atom is -0.491 e. The van der Waals surface area contributed by atoms with Gasteiger partial charge < -0.3 is 19.9 Å². The highest BCUT2D eigenvalue weighted by atomic mass is 32.2. The van der Waals surface area contributed by atoms with Crippen LogP contribution in [0.15, 0.2) is 30.3 Å². The Morgan fingerprint density at radius 3 is 2.76 bits per heavy atom. The van der Waals surface area contributed by atoms with Crippen molar-refractivity contribution in [2.45, 2.75) is 33.4 Å². The summed E-state index contributed by atoms with van der Waals surface area (Å²) in [5.74, 6) is 0.830. The number of fused-ring (bicyclic) bond motifs is 4. The number of benzene rings is 2. The van der Waals surface area contributed by atoms with Crippen LogP contribution >= 0.6 is 12.1 Å². The molecule has 4 N–H and O–H groups in total. The fraction of sp³-hybridized carbons (Fsp3) is 0.400. The molecule has 2 aromatic carbocycles. The van der Waals surface area contributed by atoms with Crippen molar-refractivity contribution in [1.29, 1.82) is 0 Å². The summed E-state index contributed by atoms with van der Waals surface area (Å²) in [5, 5.41) is 8.22. The van der Waals surface area contributed by atoms with Gasteiger partial charge in [0.1, 0.15) is 12.4 Å². The number of nitrogens with zero attached hydrogens (tertiary/aromatic N) is 1. The second-order valence-electron chi connectivity index (χ2n) is 8.87. The Bertz CT molecular complexity index is 1210. The number of carbonyl (C=O) groups excluding carboxylic acids is 1. The molecule has 0 saturated heterocycles. The van der Waals surface area contributed by atoms with Crippen LogP contribution in [0.3, 0.4) is 0 Å². The Morgan fingerprint density at radius 2 is 1.88 bits per heavy atom. The lowest BCUT2D eigenvalue weighted by molar-refractivity contribution is 0.0984. The van der Waals surface area contributed by atoms with E-state index in [1.54, 1.807) is 0 Å². The van der Waals surface area contributed by atoms with Crippen molar-refractivity contribution < 1.29 is 9.53 Å². The molecule has 1 aromatic heterocycles. The third kappa shape index (κ3) is 4.36. The summed E-state index contributed by atoms with van der Waals surface area (Å²) in [7, 11) is 0. The third-order valence-corrected chi connectivity index (χ3v) is 7.38. The molecule has 0 radical (unpaired) electrons. The van der Waals surface area contributed by atoms with Crippen LogP contribution in [0.4, 0.5) is 0 Å². The second-order valence-corrected chi connectivity index (χ2v) is 9.57. The molecule has 174 valence electrons. The van der Waals surface area contributed by atoms with Gasteiger partial charge in [0.05, 0.1) is 11.7 Å². The molecule has 1 unspecified atom stereocenters. The third-order valence-electron chi connectivity index (χ3n) is 6.74. The predicted octanol–water partition coefficient (Wildman–Crippen LogP) is 3.07. The lowest BCUT2D eigenvalue weighted by Gasteiger charge is -2.28. The molecule has 3 aromatic rings. The van der Waals surface area contributed by atoms with E-state index in [2.05, 4.69) is 57.5 Å². The topological polar surface area (TPSA) is 79.3 Å². The fourth-order valence-electron chi connectivity index (χ4n) is 4.69. The quantitative estimate of drug-likeness (QED) is 0.382. The summed E-state index contributed by atoms with van der Waals surface area (Å²) in [6, 6.07) is 10.5. The summed E-state index contributed by atoms with van der Waals surface area (Å²) in [4.78, 5) is 12.8. The van der Waals surface area contributed by atoms with E-state index in [1.165, 1.54) is 28.8 Å². The molecule has 5 rings (SSSR count). The van der Waals surface area contributed by atoms with Crippen molar-refractivity contribution in [1.82, 2.24) is 24.6 Å². The lowest BCUT2D eigenvalue weighted by Crippen LogP contribution is -2.43. The Hall–Kier alpha value is -2.52. The first kappa shape index (κ1) is 22.3. The first-order valence-corrected chi connectivity index (χ1v) is 12.3. The van der Waals surface area contributed by atoms with Gasteiger partial charge >= 0.3 is 0 Å². The zero-order chi connectivity index (χ0) is 22.9. The molecule has 0 spiro atoms. The number of nitrogens with one attached hydrogen (secondary N) is 4. The van der Waals surface area contributed by atoms with E-state index >= 15 is 0 Å². The maximum absolute atomic E-state index is 12.8. The van der Waals surface area contributed by atoms with Gasteiger partial charge in [0.15, 0.2) is 0 Å². The van der Waals surface area contributed by atoms with Gasteiger partial charge in [-0.25, -0.2) is 4.72 Å². The summed E-state index contributed by atoms with van der Waals surface area (Å²) >= 11 is 1.23. The molecule has 4 bridgehead atoms. The summed E-state index contributed by atoms with van der Waals surface area (Å²) in [6.07, 6.45) is 0. The Balaban J connectivity index is 1.67. The summed E-state index contributed by atoms with van der Waals surface area (Å²) in [6.45, 7) is 11.2.